The highest BCUT2D eigenvalue weighted by molar-refractivity contribution is 6.35. The lowest BCUT2D eigenvalue weighted by molar-refractivity contribution is 0.0697. The van der Waals surface area contributed by atoms with Gasteiger partial charge in [-0.05, 0) is 29.8 Å². The van der Waals surface area contributed by atoms with E-state index in [9.17, 15) is 4.79 Å². The Kier molecular flexibility index (Phi) is 5.07. The Balaban J connectivity index is 2.14. The number of hydrogen-bond acceptors (Lipinski definition) is 3. The molecule has 0 aliphatic rings. The molecule has 3 N–H and O–H groups in total. The first-order valence-electron chi connectivity index (χ1n) is 6.14. The fourth-order valence-electron chi connectivity index (χ4n) is 1.83. The van der Waals surface area contributed by atoms with Gasteiger partial charge in [0.1, 0.15) is 12.4 Å². The second-order valence-electron chi connectivity index (χ2n) is 4.37. The largest absolute Gasteiger partial charge is 0.487 e. The summed E-state index contributed by atoms with van der Waals surface area (Å²) in [6.45, 7) is 0.516. The lowest BCUT2D eigenvalue weighted by Gasteiger charge is -2.13. The van der Waals surface area contributed by atoms with Gasteiger partial charge in [0.2, 0.25) is 0 Å². The molecule has 0 aliphatic heterocycles. The molecule has 21 heavy (non-hydrogen) atoms. The van der Waals surface area contributed by atoms with Gasteiger partial charge >= 0.3 is 5.97 Å². The van der Waals surface area contributed by atoms with Crippen molar-refractivity contribution in [2.75, 3.05) is 0 Å². The summed E-state index contributed by atoms with van der Waals surface area (Å²) < 4.78 is 5.68. The molecule has 0 saturated carbocycles. The summed E-state index contributed by atoms with van der Waals surface area (Å²) in [5.74, 6) is -0.473. The molecule has 4 nitrogen and oxygen atoms in total. The molecule has 0 radical (unpaired) electrons. The highest BCUT2D eigenvalue weighted by Crippen LogP contribution is 2.32. The predicted octanol–water partition coefficient (Wildman–Crippen LogP) is 3.73. The van der Waals surface area contributed by atoms with E-state index in [0.717, 1.165) is 11.1 Å². The molecule has 0 fully saturated rings. The van der Waals surface area contributed by atoms with Gasteiger partial charge in [0, 0.05) is 17.1 Å². The first-order chi connectivity index (χ1) is 10.0. The zero-order valence-electron chi connectivity index (χ0n) is 11.0. The average Bonchev–Trinajstić information content (AvgIpc) is 2.46. The number of halogens is 2. The van der Waals surface area contributed by atoms with Gasteiger partial charge in [0.05, 0.1) is 10.6 Å². The lowest BCUT2D eigenvalue weighted by atomic mass is 10.1. The van der Waals surface area contributed by atoms with Crippen LogP contribution < -0.4 is 10.5 Å². The Hall–Kier alpha value is -1.75. The molecule has 0 bridgehead atoms. The van der Waals surface area contributed by atoms with Crippen LogP contribution in [0.1, 0.15) is 21.5 Å². The summed E-state index contributed by atoms with van der Waals surface area (Å²) in [4.78, 5) is 10.8. The van der Waals surface area contributed by atoms with Gasteiger partial charge in [-0.1, -0.05) is 35.3 Å². The normalized spacial score (nSPS) is 10.4. The minimum absolute atomic E-state index is 0.228. The molecule has 0 atom stereocenters. The molecule has 0 aliphatic carbocycles. The van der Waals surface area contributed by atoms with Crippen LogP contribution in [-0.2, 0) is 13.2 Å². The van der Waals surface area contributed by atoms with Crippen LogP contribution in [0, 0.1) is 0 Å². The van der Waals surface area contributed by atoms with E-state index in [4.69, 9.17) is 38.8 Å². The van der Waals surface area contributed by atoms with Crippen LogP contribution in [0.4, 0.5) is 0 Å². The molecular formula is C15H13Cl2NO3. The molecular weight excluding hydrogens is 313 g/mol. The summed E-state index contributed by atoms with van der Waals surface area (Å²) in [5, 5.41) is 9.73. The molecule has 0 saturated heterocycles. The summed E-state index contributed by atoms with van der Waals surface area (Å²) in [6, 6.07) is 9.72. The highest BCUT2D eigenvalue weighted by Gasteiger charge is 2.10. The van der Waals surface area contributed by atoms with Gasteiger partial charge in [-0.15, -0.1) is 0 Å². The van der Waals surface area contributed by atoms with E-state index in [1.54, 1.807) is 24.3 Å². The number of carboxylic acids is 1. The van der Waals surface area contributed by atoms with Crippen molar-refractivity contribution in [2.24, 2.45) is 5.73 Å². The molecule has 0 unspecified atom stereocenters. The van der Waals surface area contributed by atoms with Crippen LogP contribution in [0.25, 0.3) is 0 Å². The Morgan fingerprint density at radius 2 is 1.86 bits per heavy atom. The smallest absolute Gasteiger partial charge is 0.335 e. The van der Waals surface area contributed by atoms with Crippen LogP contribution in [0.2, 0.25) is 10.0 Å². The average molecular weight is 326 g/mol. The lowest BCUT2D eigenvalue weighted by Crippen LogP contribution is -2.04. The zero-order valence-corrected chi connectivity index (χ0v) is 12.5. The molecule has 2 aromatic rings. The summed E-state index contributed by atoms with van der Waals surface area (Å²) >= 11 is 12.0. The third-order valence-corrected chi connectivity index (χ3v) is 3.39. The van der Waals surface area contributed by atoms with E-state index in [2.05, 4.69) is 0 Å². The second kappa shape index (κ2) is 6.80. The minimum Gasteiger partial charge on any atom is -0.487 e. The van der Waals surface area contributed by atoms with Crippen molar-refractivity contribution in [3.8, 4) is 5.75 Å². The van der Waals surface area contributed by atoms with Crippen LogP contribution in [0.15, 0.2) is 36.4 Å². The molecule has 2 aromatic carbocycles. The van der Waals surface area contributed by atoms with Crippen molar-refractivity contribution in [2.45, 2.75) is 13.2 Å². The number of carbonyl (C=O) groups is 1. The zero-order chi connectivity index (χ0) is 15.4. The minimum atomic E-state index is -0.964. The quantitative estimate of drug-likeness (QED) is 0.878. The van der Waals surface area contributed by atoms with Gasteiger partial charge < -0.3 is 15.6 Å². The van der Waals surface area contributed by atoms with Crippen LogP contribution in [0.3, 0.4) is 0 Å². The Labute approximate surface area is 132 Å². The fraction of sp³-hybridized carbons (Fsp3) is 0.133. The monoisotopic (exact) mass is 325 g/mol. The van der Waals surface area contributed by atoms with Crippen LogP contribution in [0.5, 0.6) is 5.75 Å². The van der Waals surface area contributed by atoms with E-state index in [1.165, 1.54) is 12.1 Å². The van der Waals surface area contributed by atoms with E-state index in [0.29, 0.717) is 15.8 Å². The molecule has 0 aromatic heterocycles. The first-order valence-corrected chi connectivity index (χ1v) is 6.90. The SMILES string of the molecule is NCc1cc(Cl)cc(Cl)c1OCc1ccc(C(=O)O)cc1. The number of ether oxygens (including phenoxy) is 1. The standard InChI is InChI=1S/C15H13Cl2NO3/c16-12-5-11(7-18)14(13(17)6-12)21-8-9-1-3-10(4-2-9)15(19)20/h1-6H,7-8,18H2,(H,19,20). The highest BCUT2D eigenvalue weighted by atomic mass is 35.5. The molecule has 6 heteroatoms. The Bertz CT molecular complexity index is 657. The Morgan fingerprint density at radius 1 is 1.19 bits per heavy atom. The second-order valence-corrected chi connectivity index (χ2v) is 5.21. The maximum Gasteiger partial charge on any atom is 0.335 e. The number of rotatable bonds is 5. The van der Waals surface area contributed by atoms with Crippen molar-refractivity contribution in [3.63, 3.8) is 0 Å². The van der Waals surface area contributed by atoms with E-state index < -0.39 is 5.97 Å². The maximum atomic E-state index is 10.8. The van der Waals surface area contributed by atoms with Crippen molar-refractivity contribution in [1.29, 1.82) is 0 Å². The first kappa shape index (κ1) is 15.6. The molecule has 0 amide bonds. The topological polar surface area (TPSA) is 72.5 Å². The fourth-order valence-corrected chi connectivity index (χ4v) is 2.42. The van der Waals surface area contributed by atoms with Crippen LogP contribution >= 0.6 is 23.2 Å². The van der Waals surface area contributed by atoms with E-state index in [1.807, 2.05) is 0 Å². The predicted molar refractivity (Wildman–Crippen MR) is 82.1 cm³/mol. The summed E-state index contributed by atoms with van der Waals surface area (Å²) in [6.07, 6.45) is 0. The van der Waals surface area contributed by atoms with Crippen molar-refractivity contribution in [3.05, 3.63) is 63.1 Å². The van der Waals surface area contributed by atoms with Crippen molar-refractivity contribution >= 4 is 29.2 Å². The van der Waals surface area contributed by atoms with Gasteiger partial charge in [-0.3, -0.25) is 0 Å². The van der Waals surface area contributed by atoms with Gasteiger partial charge in [-0.2, -0.15) is 0 Å². The molecule has 2 rings (SSSR count). The van der Waals surface area contributed by atoms with Crippen LogP contribution in [-0.4, -0.2) is 11.1 Å². The number of hydrogen-bond donors (Lipinski definition) is 2. The van der Waals surface area contributed by atoms with Gasteiger partial charge in [0.25, 0.3) is 0 Å². The third kappa shape index (κ3) is 3.88. The van der Waals surface area contributed by atoms with Crippen molar-refractivity contribution in [1.82, 2.24) is 0 Å². The third-order valence-electron chi connectivity index (χ3n) is 2.89. The van der Waals surface area contributed by atoms with Gasteiger partial charge in [-0.25, -0.2) is 4.79 Å². The number of carboxylic acid groups (broad SMARTS) is 1. The molecule has 110 valence electrons. The van der Waals surface area contributed by atoms with Gasteiger partial charge in [0.15, 0.2) is 0 Å². The Morgan fingerprint density at radius 3 is 2.43 bits per heavy atom. The summed E-state index contributed by atoms with van der Waals surface area (Å²) in [7, 11) is 0. The number of nitrogens with two attached hydrogens (primary N) is 1. The number of aromatic carboxylic acids is 1. The van der Waals surface area contributed by atoms with E-state index >= 15 is 0 Å². The van der Waals surface area contributed by atoms with E-state index in [-0.39, 0.29) is 18.7 Å². The molecule has 0 spiro atoms. The van der Waals surface area contributed by atoms with Crippen molar-refractivity contribution < 1.29 is 14.6 Å². The summed E-state index contributed by atoms with van der Waals surface area (Å²) in [5.41, 5.74) is 7.42. The maximum absolute atomic E-state index is 10.8. The number of benzene rings is 2. The molecule has 0 heterocycles.